The number of hydrogen-bond donors (Lipinski definition) is 0. The van der Waals surface area contributed by atoms with Gasteiger partial charge in [0.15, 0.2) is 0 Å². The van der Waals surface area contributed by atoms with Crippen LogP contribution in [-0.2, 0) is 6.42 Å². The van der Waals surface area contributed by atoms with Crippen molar-refractivity contribution in [1.82, 2.24) is 4.98 Å². The standard InChI is InChI=1S/C12H9Cl2N/c13-10-3-1-9(2-4-10)7-12-6-5-11(14)8-15-12/h1-6,8H,7H2. The van der Waals surface area contributed by atoms with Crippen LogP contribution >= 0.6 is 23.2 Å². The van der Waals surface area contributed by atoms with Crippen molar-refractivity contribution in [2.45, 2.75) is 6.42 Å². The Morgan fingerprint density at radius 2 is 1.53 bits per heavy atom. The molecule has 0 fully saturated rings. The van der Waals surface area contributed by atoms with Crippen molar-refractivity contribution < 1.29 is 0 Å². The summed E-state index contributed by atoms with van der Waals surface area (Å²) < 4.78 is 0. The summed E-state index contributed by atoms with van der Waals surface area (Å²) in [7, 11) is 0. The van der Waals surface area contributed by atoms with Gasteiger partial charge in [-0.15, -0.1) is 0 Å². The number of benzene rings is 1. The SMILES string of the molecule is Clc1ccc(Cc2ccc(Cl)cn2)cc1. The maximum Gasteiger partial charge on any atom is 0.0589 e. The third-order valence-electron chi connectivity index (χ3n) is 2.09. The summed E-state index contributed by atoms with van der Waals surface area (Å²) in [6.07, 6.45) is 2.46. The van der Waals surface area contributed by atoms with E-state index in [0.717, 1.165) is 17.1 Å². The molecule has 0 aliphatic heterocycles. The maximum atomic E-state index is 5.80. The van der Waals surface area contributed by atoms with Crippen molar-refractivity contribution in [3.05, 3.63) is 63.9 Å². The molecule has 0 saturated carbocycles. The van der Waals surface area contributed by atoms with Gasteiger partial charge in [-0.3, -0.25) is 4.98 Å². The second-order valence-corrected chi connectivity index (χ2v) is 4.14. The highest BCUT2D eigenvalue weighted by Gasteiger charge is 1.97. The first kappa shape index (κ1) is 10.5. The fourth-order valence-corrected chi connectivity index (χ4v) is 1.56. The van der Waals surface area contributed by atoms with Crippen molar-refractivity contribution in [1.29, 1.82) is 0 Å². The van der Waals surface area contributed by atoms with Crippen molar-refractivity contribution >= 4 is 23.2 Å². The van der Waals surface area contributed by atoms with Crippen LogP contribution in [0.15, 0.2) is 42.6 Å². The zero-order chi connectivity index (χ0) is 10.7. The lowest BCUT2D eigenvalue weighted by atomic mass is 10.1. The van der Waals surface area contributed by atoms with Gasteiger partial charge in [-0.05, 0) is 29.8 Å². The van der Waals surface area contributed by atoms with Gasteiger partial charge in [-0.1, -0.05) is 35.3 Å². The van der Waals surface area contributed by atoms with Crippen molar-refractivity contribution in [2.75, 3.05) is 0 Å². The average Bonchev–Trinajstić information content (AvgIpc) is 2.25. The van der Waals surface area contributed by atoms with Crippen molar-refractivity contribution in [3.63, 3.8) is 0 Å². The highest BCUT2D eigenvalue weighted by molar-refractivity contribution is 6.30. The summed E-state index contributed by atoms with van der Waals surface area (Å²) in [6.45, 7) is 0. The van der Waals surface area contributed by atoms with Crippen LogP contribution in [0, 0.1) is 0 Å². The Bertz CT molecular complexity index is 391. The van der Waals surface area contributed by atoms with Gasteiger partial charge in [0, 0.05) is 23.3 Å². The minimum absolute atomic E-state index is 0.662. The van der Waals surface area contributed by atoms with Crippen LogP contribution < -0.4 is 0 Å². The number of rotatable bonds is 2. The Hall–Kier alpha value is -1.05. The summed E-state index contributed by atoms with van der Waals surface area (Å²) in [6, 6.07) is 11.5. The van der Waals surface area contributed by atoms with Gasteiger partial charge in [-0.25, -0.2) is 0 Å². The Kier molecular flexibility index (Phi) is 3.24. The second-order valence-electron chi connectivity index (χ2n) is 3.27. The zero-order valence-corrected chi connectivity index (χ0v) is 9.46. The molecule has 0 bridgehead atoms. The van der Waals surface area contributed by atoms with Gasteiger partial charge in [0.05, 0.1) is 5.02 Å². The van der Waals surface area contributed by atoms with E-state index in [1.54, 1.807) is 6.20 Å². The van der Waals surface area contributed by atoms with Crippen LogP contribution in [0.25, 0.3) is 0 Å². The van der Waals surface area contributed by atoms with Crippen LogP contribution in [0.5, 0.6) is 0 Å². The summed E-state index contributed by atoms with van der Waals surface area (Å²) in [5.41, 5.74) is 2.19. The minimum atomic E-state index is 0.662. The first-order valence-corrected chi connectivity index (χ1v) is 5.34. The molecule has 1 heterocycles. The molecular formula is C12H9Cl2N. The molecule has 0 aliphatic carbocycles. The van der Waals surface area contributed by atoms with Gasteiger partial charge in [0.1, 0.15) is 0 Å². The molecule has 0 N–H and O–H groups in total. The number of aromatic nitrogens is 1. The first-order valence-electron chi connectivity index (χ1n) is 4.59. The third-order valence-corrected chi connectivity index (χ3v) is 2.56. The third kappa shape index (κ3) is 2.95. The van der Waals surface area contributed by atoms with E-state index in [2.05, 4.69) is 4.98 Å². The molecule has 1 aromatic heterocycles. The van der Waals surface area contributed by atoms with E-state index >= 15 is 0 Å². The molecule has 0 atom stereocenters. The van der Waals surface area contributed by atoms with Gasteiger partial charge in [0.25, 0.3) is 0 Å². The average molecular weight is 238 g/mol. The molecule has 0 radical (unpaired) electrons. The Balaban J connectivity index is 2.15. The van der Waals surface area contributed by atoms with E-state index in [0.29, 0.717) is 5.02 Å². The molecule has 3 heteroatoms. The van der Waals surface area contributed by atoms with E-state index < -0.39 is 0 Å². The van der Waals surface area contributed by atoms with E-state index in [1.807, 2.05) is 36.4 Å². The van der Waals surface area contributed by atoms with Crippen LogP contribution in [0.1, 0.15) is 11.3 Å². The summed E-state index contributed by atoms with van der Waals surface area (Å²) in [5.74, 6) is 0. The van der Waals surface area contributed by atoms with Gasteiger partial charge >= 0.3 is 0 Å². The quantitative estimate of drug-likeness (QED) is 0.771. The molecule has 2 aromatic rings. The molecule has 0 amide bonds. The largest absolute Gasteiger partial charge is 0.259 e. The lowest BCUT2D eigenvalue weighted by Gasteiger charge is -2.01. The normalized spacial score (nSPS) is 10.3. The molecule has 0 spiro atoms. The molecule has 0 saturated heterocycles. The highest BCUT2D eigenvalue weighted by Crippen LogP contribution is 2.13. The molecule has 1 aromatic carbocycles. The predicted molar refractivity (Wildman–Crippen MR) is 63.5 cm³/mol. The number of nitrogens with zero attached hydrogens (tertiary/aromatic N) is 1. The maximum absolute atomic E-state index is 5.80. The number of halogens is 2. The van der Waals surface area contributed by atoms with Gasteiger partial charge in [-0.2, -0.15) is 0 Å². The fourth-order valence-electron chi connectivity index (χ4n) is 1.32. The molecule has 76 valence electrons. The Labute approximate surface area is 98.7 Å². The van der Waals surface area contributed by atoms with Gasteiger partial charge < -0.3 is 0 Å². The lowest BCUT2D eigenvalue weighted by molar-refractivity contribution is 1.07. The van der Waals surface area contributed by atoms with E-state index in [-0.39, 0.29) is 0 Å². The predicted octanol–water partition coefficient (Wildman–Crippen LogP) is 3.98. The monoisotopic (exact) mass is 237 g/mol. The molecule has 1 nitrogen and oxygen atoms in total. The van der Waals surface area contributed by atoms with Crippen molar-refractivity contribution in [3.8, 4) is 0 Å². The zero-order valence-electron chi connectivity index (χ0n) is 7.95. The molecular weight excluding hydrogens is 229 g/mol. The summed E-state index contributed by atoms with van der Waals surface area (Å²) >= 11 is 11.6. The fraction of sp³-hybridized carbons (Fsp3) is 0.0833. The molecule has 15 heavy (non-hydrogen) atoms. The minimum Gasteiger partial charge on any atom is -0.259 e. The molecule has 0 unspecified atom stereocenters. The van der Waals surface area contributed by atoms with Crippen LogP contribution in [0.4, 0.5) is 0 Å². The molecule has 0 aliphatic rings. The van der Waals surface area contributed by atoms with Crippen molar-refractivity contribution in [2.24, 2.45) is 0 Å². The second kappa shape index (κ2) is 4.65. The highest BCUT2D eigenvalue weighted by atomic mass is 35.5. The van der Waals surface area contributed by atoms with Crippen LogP contribution in [-0.4, -0.2) is 4.98 Å². The van der Waals surface area contributed by atoms with Crippen LogP contribution in [0.3, 0.4) is 0 Å². The summed E-state index contributed by atoms with van der Waals surface area (Å²) in [5, 5.41) is 1.41. The molecule has 2 rings (SSSR count). The van der Waals surface area contributed by atoms with E-state index in [4.69, 9.17) is 23.2 Å². The summed E-state index contributed by atoms with van der Waals surface area (Å²) in [4.78, 5) is 4.23. The smallest absolute Gasteiger partial charge is 0.0589 e. The lowest BCUT2D eigenvalue weighted by Crippen LogP contribution is -1.90. The Morgan fingerprint density at radius 1 is 0.867 bits per heavy atom. The van der Waals surface area contributed by atoms with Crippen LogP contribution in [0.2, 0.25) is 10.0 Å². The van der Waals surface area contributed by atoms with E-state index in [1.165, 1.54) is 5.56 Å². The Morgan fingerprint density at radius 3 is 2.13 bits per heavy atom. The number of pyridine rings is 1. The van der Waals surface area contributed by atoms with Gasteiger partial charge in [0.2, 0.25) is 0 Å². The van der Waals surface area contributed by atoms with E-state index in [9.17, 15) is 0 Å². The number of hydrogen-bond acceptors (Lipinski definition) is 1. The topological polar surface area (TPSA) is 12.9 Å². The first-order chi connectivity index (χ1) is 7.24.